The lowest BCUT2D eigenvalue weighted by atomic mass is 10.0. The molecule has 34 heavy (non-hydrogen) atoms. The minimum absolute atomic E-state index is 0.166. The molecule has 3 aromatic carbocycles. The number of nitrogens with one attached hydrogen (secondary N) is 2. The van der Waals surface area contributed by atoms with Gasteiger partial charge >= 0.3 is 0 Å². The summed E-state index contributed by atoms with van der Waals surface area (Å²) in [5.74, 6) is -0.777. The molecular weight excluding hydrogens is 424 g/mol. The molecule has 0 saturated carbocycles. The van der Waals surface area contributed by atoms with Crippen LogP contribution in [0.3, 0.4) is 0 Å². The summed E-state index contributed by atoms with van der Waals surface area (Å²) in [6, 6.07) is 26.3. The summed E-state index contributed by atoms with van der Waals surface area (Å²) in [5.41, 5.74) is 2.90. The van der Waals surface area contributed by atoms with Crippen LogP contribution in [0.1, 0.15) is 35.5 Å². The first-order valence-electron chi connectivity index (χ1n) is 11.3. The molecule has 6 heteroatoms. The van der Waals surface area contributed by atoms with Gasteiger partial charge in [0, 0.05) is 41.8 Å². The molecule has 0 aliphatic carbocycles. The van der Waals surface area contributed by atoms with Crippen molar-refractivity contribution in [2.24, 2.45) is 7.05 Å². The summed E-state index contributed by atoms with van der Waals surface area (Å²) in [4.78, 5) is 28.6. The van der Waals surface area contributed by atoms with E-state index in [1.165, 1.54) is 0 Å². The molecule has 0 bridgehead atoms. The average molecular weight is 453 g/mol. The van der Waals surface area contributed by atoms with Crippen LogP contribution in [0.25, 0.3) is 10.9 Å². The molecule has 2 N–H and O–H groups in total. The molecule has 0 spiro atoms. The third-order valence-electron chi connectivity index (χ3n) is 5.85. The van der Waals surface area contributed by atoms with E-state index in [4.69, 9.17) is 5.41 Å². The van der Waals surface area contributed by atoms with Gasteiger partial charge in [0.05, 0.1) is 0 Å². The van der Waals surface area contributed by atoms with Gasteiger partial charge in [-0.1, -0.05) is 66.7 Å². The molecule has 0 fully saturated rings. The lowest BCUT2D eigenvalue weighted by Crippen LogP contribution is -2.42. The van der Waals surface area contributed by atoms with Crippen molar-refractivity contribution in [2.75, 3.05) is 4.90 Å². The summed E-state index contributed by atoms with van der Waals surface area (Å²) >= 11 is 0. The number of benzene rings is 3. The van der Waals surface area contributed by atoms with Crippen LogP contribution < -0.4 is 10.2 Å². The Balaban J connectivity index is 1.76. The predicted molar refractivity (Wildman–Crippen MR) is 136 cm³/mol. The average Bonchev–Trinajstić information content (AvgIpc) is 3.15. The number of amides is 2. The van der Waals surface area contributed by atoms with E-state index in [9.17, 15) is 9.59 Å². The quantitative estimate of drug-likeness (QED) is 0.391. The number of aryl methyl sites for hydroxylation is 1. The minimum atomic E-state index is -0.449. The molecule has 1 aromatic heterocycles. The fraction of sp³-hybridized carbons (Fsp3) is 0.179. The lowest BCUT2D eigenvalue weighted by molar-refractivity contribution is -0.112. The maximum Gasteiger partial charge on any atom is 0.277 e. The van der Waals surface area contributed by atoms with Crippen molar-refractivity contribution >= 4 is 34.1 Å². The summed E-state index contributed by atoms with van der Waals surface area (Å²) in [6.07, 6.45) is 0. The summed E-state index contributed by atoms with van der Waals surface area (Å²) in [6.45, 7) is 4.17. The Morgan fingerprint density at radius 3 is 2.15 bits per heavy atom. The molecule has 2 amide bonds. The van der Waals surface area contributed by atoms with Crippen molar-refractivity contribution in [3.05, 3.63) is 102 Å². The predicted octanol–water partition coefficient (Wildman–Crippen LogP) is 4.92. The Morgan fingerprint density at radius 1 is 0.912 bits per heavy atom. The summed E-state index contributed by atoms with van der Waals surface area (Å²) in [5, 5.41) is 12.6. The van der Waals surface area contributed by atoms with Gasteiger partial charge in [-0.25, -0.2) is 0 Å². The van der Waals surface area contributed by atoms with Crippen molar-refractivity contribution < 1.29 is 9.59 Å². The van der Waals surface area contributed by atoms with Gasteiger partial charge in [-0.3, -0.25) is 15.0 Å². The first kappa shape index (κ1) is 23.0. The SMILES string of the molecule is CC(C)N(C(=O)C(=N)c1c(C(=O)NCc2ccccc2)n(C)c2ccccc12)c1ccccc1. The molecule has 172 valence electrons. The van der Waals surface area contributed by atoms with Crippen molar-refractivity contribution in [1.82, 2.24) is 9.88 Å². The van der Waals surface area contributed by atoms with Crippen LogP contribution >= 0.6 is 0 Å². The van der Waals surface area contributed by atoms with Crippen molar-refractivity contribution in [3.8, 4) is 0 Å². The van der Waals surface area contributed by atoms with Gasteiger partial charge in [0.15, 0.2) is 0 Å². The third-order valence-corrected chi connectivity index (χ3v) is 5.85. The van der Waals surface area contributed by atoms with E-state index < -0.39 is 5.91 Å². The molecular formula is C28H28N4O2. The normalized spacial score (nSPS) is 10.9. The largest absolute Gasteiger partial charge is 0.347 e. The number of nitrogens with zero attached hydrogens (tertiary/aromatic N) is 2. The zero-order chi connectivity index (χ0) is 24.2. The molecule has 0 radical (unpaired) electrons. The van der Waals surface area contributed by atoms with E-state index in [-0.39, 0.29) is 17.7 Å². The van der Waals surface area contributed by atoms with Crippen LogP contribution in [0.2, 0.25) is 0 Å². The number of rotatable bonds is 7. The fourth-order valence-electron chi connectivity index (χ4n) is 4.24. The molecule has 0 aliphatic rings. The molecule has 1 heterocycles. The number of aromatic nitrogens is 1. The topological polar surface area (TPSA) is 78.2 Å². The highest BCUT2D eigenvalue weighted by Crippen LogP contribution is 2.28. The molecule has 4 rings (SSSR count). The fourth-order valence-corrected chi connectivity index (χ4v) is 4.24. The van der Waals surface area contributed by atoms with Gasteiger partial charge in [-0.2, -0.15) is 0 Å². The molecule has 0 aliphatic heterocycles. The van der Waals surface area contributed by atoms with Gasteiger partial charge in [-0.15, -0.1) is 0 Å². The van der Waals surface area contributed by atoms with Crippen molar-refractivity contribution in [3.63, 3.8) is 0 Å². The van der Waals surface area contributed by atoms with Gasteiger partial charge in [0.2, 0.25) is 0 Å². The number of hydrogen-bond acceptors (Lipinski definition) is 3. The Bertz CT molecular complexity index is 1340. The van der Waals surface area contributed by atoms with E-state index in [1.807, 2.05) is 98.8 Å². The van der Waals surface area contributed by atoms with Crippen LogP contribution in [0.5, 0.6) is 0 Å². The van der Waals surface area contributed by atoms with Gasteiger partial charge in [0.25, 0.3) is 11.8 Å². The number of carbonyl (C=O) groups is 2. The van der Waals surface area contributed by atoms with Crippen LogP contribution in [0.15, 0.2) is 84.9 Å². The maximum atomic E-state index is 13.7. The maximum absolute atomic E-state index is 13.7. The smallest absolute Gasteiger partial charge is 0.277 e. The number of anilines is 1. The molecule has 0 atom stereocenters. The van der Waals surface area contributed by atoms with Crippen LogP contribution in [0, 0.1) is 5.41 Å². The molecule has 0 unspecified atom stereocenters. The molecule has 4 aromatic rings. The number of hydrogen-bond donors (Lipinski definition) is 2. The highest BCUT2D eigenvalue weighted by molar-refractivity contribution is 6.51. The standard InChI is InChI=1S/C28H28N4O2/c1-19(2)32(21-14-8-5-9-15-21)28(34)25(29)24-22-16-10-11-17-23(22)31(3)26(24)27(33)30-18-20-12-6-4-7-13-20/h4-17,19,29H,18H2,1-3H3,(H,30,33). The second kappa shape index (κ2) is 9.75. The summed E-state index contributed by atoms with van der Waals surface area (Å²) < 4.78 is 1.76. The van der Waals surface area contributed by atoms with E-state index >= 15 is 0 Å². The number of fused-ring (bicyclic) bond motifs is 1. The highest BCUT2D eigenvalue weighted by atomic mass is 16.2. The van der Waals surface area contributed by atoms with E-state index in [0.717, 1.165) is 11.1 Å². The highest BCUT2D eigenvalue weighted by Gasteiger charge is 2.31. The number of carbonyl (C=O) groups excluding carboxylic acids is 2. The molecule has 6 nitrogen and oxygen atoms in total. The zero-order valence-electron chi connectivity index (χ0n) is 19.6. The van der Waals surface area contributed by atoms with Crippen LogP contribution in [-0.4, -0.2) is 28.1 Å². The Kier molecular flexibility index (Phi) is 6.59. The Hall–Kier alpha value is -4.19. The van der Waals surface area contributed by atoms with Gasteiger partial charge in [0.1, 0.15) is 11.4 Å². The van der Waals surface area contributed by atoms with Gasteiger partial charge < -0.3 is 14.8 Å². The van der Waals surface area contributed by atoms with Crippen LogP contribution in [-0.2, 0) is 18.4 Å². The van der Waals surface area contributed by atoms with Crippen molar-refractivity contribution in [1.29, 1.82) is 5.41 Å². The third kappa shape index (κ3) is 4.35. The molecule has 0 saturated heterocycles. The Labute approximate surface area is 199 Å². The van der Waals surface area contributed by atoms with E-state index in [1.54, 1.807) is 16.5 Å². The lowest BCUT2D eigenvalue weighted by Gasteiger charge is -2.27. The second-order valence-corrected chi connectivity index (χ2v) is 8.45. The van der Waals surface area contributed by atoms with E-state index in [2.05, 4.69) is 5.32 Å². The number of para-hydroxylation sites is 2. The van der Waals surface area contributed by atoms with Gasteiger partial charge in [-0.05, 0) is 37.6 Å². The first-order valence-corrected chi connectivity index (χ1v) is 11.3. The Morgan fingerprint density at radius 2 is 1.50 bits per heavy atom. The van der Waals surface area contributed by atoms with Crippen LogP contribution in [0.4, 0.5) is 5.69 Å². The minimum Gasteiger partial charge on any atom is -0.347 e. The zero-order valence-corrected chi connectivity index (χ0v) is 19.6. The second-order valence-electron chi connectivity index (χ2n) is 8.45. The monoisotopic (exact) mass is 452 g/mol. The first-order chi connectivity index (χ1) is 16.4. The van der Waals surface area contributed by atoms with E-state index in [0.29, 0.717) is 28.9 Å². The van der Waals surface area contributed by atoms with Crippen molar-refractivity contribution in [2.45, 2.75) is 26.4 Å². The summed E-state index contributed by atoms with van der Waals surface area (Å²) in [7, 11) is 1.79.